The van der Waals surface area contributed by atoms with Crippen molar-refractivity contribution in [2.45, 2.75) is 6.92 Å². The van der Waals surface area contributed by atoms with Crippen LogP contribution in [0.25, 0.3) is 16.6 Å². The lowest BCUT2D eigenvalue weighted by atomic mass is 10.2. The molecule has 0 aliphatic carbocycles. The lowest BCUT2D eigenvalue weighted by Crippen LogP contribution is -1.96. The Bertz CT molecular complexity index is 688. The normalized spacial score (nSPS) is 10.9. The van der Waals surface area contributed by atoms with Crippen LogP contribution in [0.2, 0.25) is 5.15 Å². The Hall–Kier alpha value is -1.87. The van der Waals surface area contributed by atoms with Crippen LogP contribution in [-0.4, -0.2) is 14.8 Å². The average molecular weight is 244 g/mol. The van der Waals surface area contributed by atoms with E-state index in [-0.39, 0.29) is 0 Å². The molecule has 0 saturated heterocycles. The van der Waals surface area contributed by atoms with Crippen molar-refractivity contribution in [2.75, 3.05) is 0 Å². The maximum Gasteiger partial charge on any atom is 0.131 e. The zero-order chi connectivity index (χ0) is 11.8. The summed E-state index contributed by atoms with van der Waals surface area (Å²) in [5.74, 6) is 0. The molecule has 0 unspecified atom stereocenters. The van der Waals surface area contributed by atoms with Gasteiger partial charge in [0, 0.05) is 17.6 Å². The molecule has 0 fully saturated rings. The number of pyridine rings is 1. The molecule has 0 atom stereocenters. The minimum Gasteiger partial charge on any atom is -0.244 e. The van der Waals surface area contributed by atoms with Crippen molar-refractivity contribution >= 4 is 22.5 Å². The third kappa shape index (κ3) is 1.78. The van der Waals surface area contributed by atoms with Gasteiger partial charge in [0.1, 0.15) is 5.15 Å². The first-order valence-electron chi connectivity index (χ1n) is 5.30. The first-order chi connectivity index (χ1) is 8.24. The van der Waals surface area contributed by atoms with Crippen molar-refractivity contribution in [1.82, 2.24) is 14.8 Å². The molecule has 4 heteroatoms. The van der Waals surface area contributed by atoms with Crippen molar-refractivity contribution in [1.29, 1.82) is 0 Å². The molecule has 3 aromatic rings. The molecule has 2 heterocycles. The molecule has 3 rings (SSSR count). The van der Waals surface area contributed by atoms with E-state index < -0.39 is 0 Å². The minimum atomic E-state index is 0.479. The van der Waals surface area contributed by atoms with Crippen molar-refractivity contribution in [3.05, 3.63) is 53.4 Å². The van der Waals surface area contributed by atoms with E-state index in [1.54, 1.807) is 12.4 Å². The lowest BCUT2D eigenvalue weighted by molar-refractivity contribution is 0.909. The fraction of sp³-hybridized carbons (Fsp3) is 0.0769. The molecule has 0 radical (unpaired) electrons. The monoisotopic (exact) mass is 243 g/mol. The Balaban J connectivity index is 2.27. The Morgan fingerprint density at radius 2 is 2.06 bits per heavy atom. The van der Waals surface area contributed by atoms with E-state index in [0.717, 1.165) is 16.6 Å². The molecule has 0 aliphatic rings. The van der Waals surface area contributed by atoms with Gasteiger partial charge in [-0.3, -0.25) is 0 Å². The third-order valence-electron chi connectivity index (χ3n) is 2.67. The maximum absolute atomic E-state index is 5.91. The van der Waals surface area contributed by atoms with Gasteiger partial charge in [-0.05, 0) is 24.6 Å². The van der Waals surface area contributed by atoms with E-state index in [1.807, 2.05) is 22.9 Å². The van der Waals surface area contributed by atoms with Crippen LogP contribution < -0.4 is 0 Å². The molecule has 17 heavy (non-hydrogen) atoms. The first kappa shape index (κ1) is 10.3. The van der Waals surface area contributed by atoms with E-state index in [1.165, 1.54) is 5.56 Å². The van der Waals surface area contributed by atoms with E-state index in [2.05, 4.69) is 29.1 Å². The van der Waals surface area contributed by atoms with Gasteiger partial charge < -0.3 is 0 Å². The number of rotatable bonds is 1. The Labute approximate surface area is 104 Å². The van der Waals surface area contributed by atoms with E-state index >= 15 is 0 Å². The number of benzene rings is 1. The van der Waals surface area contributed by atoms with Crippen molar-refractivity contribution < 1.29 is 0 Å². The summed E-state index contributed by atoms with van der Waals surface area (Å²) in [6, 6.07) is 10.0. The molecule has 2 aromatic heterocycles. The average Bonchev–Trinajstić information content (AvgIpc) is 2.71. The van der Waals surface area contributed by atoms with Crippen LogP contribution >= 0.6 is 11.6 Å². The quantitative estimate of drug-likeness (QED) is 0.614. The molecule has 0 aliphatic heterocycles. The van der Waals surface area contributed by atoms with Crippen molar-refractivity contribution in [3.8, 4) is 5.69 Å². The minimum absolute atomic E-state index is 0.479. The molecule has 0 spiro atoms. The van der Waals surface area contributed by atoms with Crippen molar-refractivity contribution in [3.63, 3.8) is 0 Å². The molecule has 0 N–H and O–H groups in total. The number of aromatic nitrogens is 3. The highest BCUT2D eigenvalue weighted by Gasteiger charge is 2.05. The van der Waals surface area contributed by atoms with Crippen LogP contribution in [0.15, 0.2) is 42.7 Å². The van der Waals surface area contributed by atoms with Gasteiger partial charge in [0.2, 0.25) is 0 Å². The fourth-order valence-corrected chi connectivity index (χ4v) is 2.01. The highest BCUT2D eigenvalue weighted by molar-refractivity contribution is 6.30. The van der Waals surface area contributed by atoms with E-state index in [4.69, 9.17) is 11.6 Å². The van der Waals surface area contributed by atoms with Crippen LogP contribution in [0.3, 0.4) is 0 Å². The molecular formula is C13H10ClN3. The Kier molecular flexibility index (Phi) is 2.34. The lowest BCUT2D eigenvalue weighted by Gasteiger charge is -2.04. The van der Waals surface area contributed by atoms with Crippen molar-refractivity contribution in [2.24, 2.45) is 0 Å². The largest absolute Gasteiger partial charge is 0.244 e. The second-order valence-corrected chi connectivity index (χ2v) is 4.35. The highest BCUT2D eigenvalue weighted by Crippen LogP contribution is 2.20. The van der Waals surface area contributed by atoms with Gasteiger partial charge in [-0.25, -0.2) is 9.67 Å². The number of halogens is 1. The van der Waals surface area contributed by atoms with Gasteiger partial charge in [-0.2, -0.15) is 5.10 Å². The summed E-state index contributed by atoms with van der Waals surface area (Å²) in [5, 5.41) is 5.83. The number of nitrogens with zero attached hydrogens (tertiary/aromatic N) is 3. The fourth-order valence-electron chi connectivity index (χ4n) is 1.86. The molecule has 3 nitrogen and oxygen atoms in total. The number of hydrogen-bond donors (Lipinski definition) is 0. The standard InChI is InChI=1S/C13H10ClN3/c1-9-3-2-4-11(5-9)17-12-6-13(14)15-7-10(12)8-16-17/h2-8H,1H3. The summed E-state index contributed by atoms with van der Waals surface area (Å²) in [6.07, 6.45) is 3.53. The Morgan fingerprint density at radius 3 is 2.88 bits per heavy atom. The van der Waals surface area contributed by atoms with Crippen LogP contribution in [0, 0.1) is 6.92 Å². The van der Waals surface area contributed by atoms with Gasteiger partial charge in [0.15, 0.2) is 0 Å². The zero-order valence-corrected chi connectivity index (χ0v) is 10.0. The summed E-state index contributed by atoms with van der Waals surface area (Å²) in [5.41, 5.74) is 3.20. The number of hydrogen-bond acceptors (Lipinski definition) is 2. The van der Waals surface area contributed by atoms with Crippen LogP contribution in [0.4, 0.5) is 0 Å². The van der Waals surface area contributed by atoms with Gasteiger partial charge in [0.05, 0.1) is 17.4 Å². The first-order valence-corrected chi connectivity index (χ1v) is 5.68. The summed E-state index contributed by atoms with van der Waals surface area (Å²) < 4.78 is 1.87. The van der Waals surface area contributed by atoms with Gasteiger partial charge in [-0.1, -0.05) is 23.7 Å². The number of aryl methyl sites for hydroxylation is 1. The molecular weight excluding hydrogens is 234 g/mol. The molecule has 0 amide bonds. The predicted molar refractivity (Wildman–Crippen MR) is 68.6 cm³/mol. The summed E-state index contributed by atoms with van der Waals surface area (Å²) >= 11 is 5.91. The summed E-state index contributed by atoms with van der Waals surface area (Å²) in [4.78, 5) is 4.04. The molecule has 0 saturated carbocycles. The SMILES string of the molecule is Cc1cccc(-n2ncc3cnc(Cl)cc32)c1. The van der Waals surface area contributed by atoms with Crippen LogP contribution in [0.1, 0.15) is 5.56 Å². The van der Waals surface area contributed by atoms with Gasteiger partial charge in [0.25, 0.3) is 0 Å². The Morgan fingerprint density at radius 1 is 1.18 bits per heavy atom. The summed E-state index contributed by atoms with van der Waals surface area (Å²) in [7, 11) is 0. The maximum atomic E-state index is 5.91. The second kappa shape index (κ2) is 3.86. The van der Waals surface area contributed by atoms with Gasteiger partial charge >= 0.3 is 0 Å². The highest BCUT2D eigenvalue weighted by atomic mass is 35.5. The number of fused-ring (bicyclic) bond motifs is 1. The molecule has 0 bridgehead atoms. The van der Waals surface area contributed by atoms with Crippen LogP contribution in [-0.2, 0) is 0 Å². The smallest absolute Gasteiger partial charge is 0.131 e. The molecule has 1 aromatic carbocycles. The van der Waals surface area contributed by atoms with Crippen LogP contribution in [0.5, 0.6) is 0 Å². The zero-order valence-electron chi connectivity index (χ0n) is 9.26. The predicted octanol–water partition coefficient (Wildman–Crippen LogP) is 3.38. The van der Waals surface area contributed by atoms with E-state index in [0.29, 0.717) is 5.15 Å². The van der Waals surface area contributed by atoms with Gasteiger partial charge in [-0.15, -0.1) is 0 Å². The third-order valence-corrected chi connectivity index (χ3v) is 2.87. The van der Waals surface area contributed by atoms with E-state index in [9.17, 15) is 0 Å². The summed E-state index contributed by atoms with van der Waals surface area (Å²) in [6.45, 7) is 2.06. The topological polar surface area (TPSA) is 30.7 Å². The molecule has 84 valence electrons. The second-order valence-electron chi connectivity index (χ2n) is 3.96.